The van der Waals surface area contributed by atoms with Crippen LogP contribution in [-0.2, 0) is 25.8 Å². The molecule has 2 unspecified atom stereocenters. The van der Waals surface area contributed by atoms with Crippen LogP contribution in [0.25, 0.3) is 11.0 Å². The van der Waals surface area contributed by atoms with Crippen molar-refractivity contribution in [1.82, 2.24) is 24.8 Å². The topological polar surface area (TPSA) is 118 Å². The first-order chi connectivity index (χ1) is 20.3. The summed E-state index contributed by atoms with van der Waals surface area (Å²) in [7, 11) is 0. The number of unbranched alkanes of at least 4 members (excludes halogenated alkanes) is 2. The lowest BCUT2D eigenvalue weighted by Crippen LogP contribution is -2.58. The summed E-state index contributed by atoms with van der Waals surface area (Å²) in [5, 5.41) is 18.9. The number of aromatic nitrogens is 3. The summed E-state index contributed by atoms with van der Waals surface area (Å²) in [6.07, 6.45) is 7.32. The van der Waals surface area contributed by atoms with Crippen molar-refractivity contribution < 1.29 is 24.2 Å². The van der Waals surface area contributed by atoms with Crippen LogP contribution in [0.2, 0.25) is 0 Å². The van der Waals surface area contributed by atoms with Gasteiger partial charge in [-0.1, -0.05) is 43.3 Å². The average molecular weight is 596 g/mol. The van der Waals surface area contributed by atoms with Crippen molar-refractivity contribution in [3.05, 3.63) is 49.6 Å². The van der Waals surface area contributed by atoms with Crippen LogP contribution in [0.4, 0.5) is 0 Å². The molecule has 3 fully saturated rings. The average Bonchev–Trinajstić information content (AvgIpc) is 3.72. The molecule has 4 heterocycles. The lowest BCUT2D eigenvalue weighted by atomic mass is 9.71. The molecular weight excluding hydrogens is 554 g/mol. The molecule has 11 heteroatoms. The van der Waals surface area contributed by atoms with Crippen molar-refractivity contribution in [3.8, 4) is 0 Å². The minimum Gasteiger partial charge on any atom is -0.465 e. The Morgan fingerprint density at radius 2 is 2.05 bits per heavy atom. The molecule has 6 atom stereocenters. The van der Waals surface area contributed by atoms with Crippen LogP contribution >= 0.6 is 11.8 Å². The maximum absolute atomic E-state index is 14.7. The number of benzene rings is 1. The van der Waals surface area contributed by atoms with Gasteiger partial charge in [0.15, 0.2) is 0 Å². The first-order valence-corrected chi connectivity index (χ1v) is 15.7. The molecule has 1 spiro atoms. The van der Waals surface area contributed by atoms with Gasteiger partial charge < -0.3 is 19.6 Å². The predicted molar refractivity (Wildman–Crippen MR) is 161 cm³/mol. The number of fused-ring (bicyclic) bond motifs is 2. The van der Waals surface area contributed by atoms with E-state index in [1.54, 1.807) is 32.3 Å². The number of aliphatic hydroxyl groups excluding tert-OH is 1. The Kier molecular flexibility index (Phi) is 9.08. The summed E-state index contributed by atoms with van der Waals surface area (Å²) in [6, 6.07) is 6.12. The number of carbonyl (C=O) groups is 3. The van der Waals surface area contributed by atoms with E-state index in [1.807, 2.05) is 44.2 Å². The summed E-state index contributed by atoms with van der Waals surface area (Å²) in [4.78, 5) is 45.8. The number of nitrogens with zero attached hydrogens (tertiary/aromatic N) is 5. The molecule has 2 bridgehead atoms. The number of thioether (sulfide) groups is 1. The van der Waals surface area contributed by atoms with Gasteiger partial charge in [0, 0.05) is 11.8 Å². The number of amides is 2. The Labute approximate surface area is 251 Å². The van der Waals surface area contributed by atoms with E-state index in [0.717, 1.165) is 36.7 Å². The number of rotatable bonds is 14. The minimum atomic E-state index is -0.843. The van der Waals surface area contributed by atoms with E-state index in [-0.39, 0.29) is 48.8 Å². The van der Waals surface area contributed by atoms with E-state index in [2.05, 4.69) is 23.5 Å². The number of hydrogen-bond donors (Lipinski definition) is 1. The highest BCUT2D eigenvalue weighted by Gasteiger charge is 2.75. The second-order valence-electron chi connectivity index (χ2n) is 11.8. The molecule has 3 aliphatic heterocycles. The Bertz CT molecular complexity index is 1350. The zero-order valence-electron chi connectivity index (χ0n) is 24.4. The molecule has 2 amide bonds. The van der Waals surface area contributed by atoms with Crippen LogP contribution in [0.5, 0.6) is 0 Å². The number of carbonyl (C=O) groups excluding carboxylic acids is 3. The fraction of sp³-hybridized carbons (Fsp3) is 0.581. The smallest absolute Gasteiger partial charge is 0.310 e. The van der Waals surface area contributed by atoms with Crippen LogP contribution in [-0.4, -0.2) is 89.5 Å². The van der Waals surface area contributed by atoms with E-state index in [4.69, 9.17) is 4.74 Å². The molecular formula is C31H41N5O5S. The number of esters is 1. The van der Waals surface area contributed by atoms with E-state index < -0.39 is 28.7 Å². The molecule has 42 heavy (non-hydrogen) atoms. The normalized spacial score (nSPS) is 27.0. The van der Waals surface area contributed by atoms with Crippen LogP contribution in [0.15, 0.2) is 49.6 Å². The second-order valence-corrected chi connectivity index (χ2v) is 13.4. The highest BCUT2D eigenvalue weighted by atomic mass is 32.2. The van der Waals surface area contributed by atoms with Gasteiger partial charge in [-0.05, 0) is 50.2 Å². The van der Waals surface area contributed by atoms with Crippen LogP contribution in [0.1, 0.15) is 46.0 Å². The van der Waals surface area contributed by atoms with Crippen molar-refractivity contribution in [1.29, 1.82) is 0 Å². The van der Waals surface area contributed by atoms with Crippen molar-refractivity contribution in [2.45, 2.75) is 74.7 Å². The van der Waals surface area contributed by atoms with Crippen molar-refractivity contribution in [2.24, 2.45) is 17.8 Å². The lowest BCUT2D eigenvalue weighted by Gasteiger charge is -2.40. The van der Waals surface area contributed by atoms with E-state index in [0.29, 0.717) is 13.0 Å². The number of aliphatic hydroxyl groups is 1. The summed E-state index contributed by atoms with van der Waals surface area (Å²) in [6.45, 7) is 11.9. The fourth-order valence-electron chi connectivity index (χ4n) is 7.01. The number of likely N-dealkylation sites (tertiary alicyclic amines) is 1. The molecule has 0 aliphatic carbocycles. The maximum Gasteiger partial charge on any atom is 0.310 e. The SMILES string of the molecule is C=CCCCCOC(=O)[C@@H]1[C@H]2C(=O)N([C@@H](CO)C(C)C)C(C(=O)N(CC=C)Cn3nnc4ccccc43)C23CC[C@H]1S3. The van der Waals surface area contributed by atoms with E-state index in [1.165, 1.54) is 0 Å². The molecule has 2 aromatic rings. The van der Waals surface area contributed by atoms with Gasteiger partial charge in [-0.2, -0.15) is 0 Å². The number of hydrogen-bond acceptors (Lipinski definition) is 8. The van der Waals surface area contributed by atoms with Gasteiger partial charge in [-0.3, -0.25) is 14.4 Å². The minimum absolute atomic E-state index is 0.0872. The quantitative estimate of drug-likeness (QED) is 0.201. The molecule has 3 aliphatic rings. The monoisotopic (exact) mass is 595 g/mol. The molecule has 5 rings (SSSR count). The Balaban J connectivity index is 1.48. The molecule has 0 saturated carbocycles. The molecule has 1 aromatic heterocycles. The molecule has 226 valence electrons. The van der Waals surface area contributed by atoms with Crippen LogP contribution in [0, 0.1) is 17.8 Å². The van der Waals surface area contributed by atoms with Crippen LogP contribution in [0.3, 0.4) is 0 Å². The van der Waals surface area contributed by atoms with Crippen molar-refractivity contribution in [3.63, 3.8) is 0 Å². The van der Waals surface area contributed by atoms with Crippen LogP contribution < -0.4 is 0 Å². The lowest BCUT2D eigenvalue weighted by molar-refractivity contribution is -0.155. The summed E-state index contributed by atoms with van der Waals surface area (Å²) >= 11 is 1.60. The zero-order chi connectivity index (χ0) is 30.0. The zero-order valence-corrected chi connectivity index (χ0v) is 25.2. The van der Waals surface area contributed by atoms with Gasteiger partial charge >= 0.3 is 5.97 Å². The fourth-order valence-corrected chi connectivity index (χ4v) is 9.19. The molecule has 10 nitrogen and oxygen atoms in total. The highest BCUT2D eigenvalue weighted by Crippen LogP contribution is 2.67. The Hall–Kier alpha value is -3.18. The highest BCUT2D eigenvalue weighted by molar-refractivity contribution is 8.02. The standard InChI is InChI=1S/C31H41N5O5S/c1-5-7-8-11-17-41-30(40)25-24-14-15-31(42-24)26(25)28(38)36(23(18-37)20(3)4)27(31)29(39)34(16-6-2)19-35-22-13-10-9-12-21(22)32-33-35/h5-6,9-10,12-13,20,23-27,37H,1-2,7-8,11,14-19H2,3-4H3/t23-,24+,25-,26-,27?,31?/m0/s1. The van der Waals surface area contributed by atoms with Gasteiger partial charge in [-0.25, -0.2) is 4.68 Å². The summed E-state index contributed by atoms with van der Waals surface area (Å²) in [5.41, 5.74) is 1.51. The van der Waals surface area contributed by atoms with E-state index in [9.17, 15) is 19.5 Å². The molecule has 1 N–H and O–H groups in total. The van der Waals surface area contributed by atoms with Crippen molar-refractivity contribution >= 4 is 40.6 Å². The van der Waals surface area contributed by atoms with Crippen molar-refractivity contribution in [2.75, 3.05) is 19.8 Å². The summed E-state index contributed by atoms with van der Waals surface area (Å²) < 4.78 is 6.60. The third kappa shape index (κ3) is 5.15. The number of para-hydroxylation sites is 1. The van der Waals surface area contributed by atoms with Gasteiger partial charge in [0.05, 0.1) is 41.4 Å². The second kappa shape index (κ2) is 12.6. The third-order valence-corrected chi connectivity index (χ3v) is 10.9. The Morgan fingerprint density at radius 3 is 2.76 bits per heavy atom. The maximum atomic E-state index is 14.7. The third-order valence-electron chi connectivity index (χ3n) is 8.99. The van der Waals surface area contributed by atoms with E-state index >= 15 is 0 Å². The van der Waals surface area contributed by atoms with Gasteiger partial charge in [0.2, 0.25) is 11.8 Å². The Morgan fingerprint density at radius 1 is 1.26 bits per heavy atom. The molecule has 1 aromatic carbocycles. The number of allylic oxidation sites excluding steroid dienone is 1. The molecule has 0 radical (unpaired) electrons. The first-order valence-electron chi connectivity index (χ1n) is 14.8. The van der Waals surface area contributed by atoms with Gasteiger partial charge in [0.1, 0.15) is 18.2 Å². The number of ether oxygens (including phenoxy) is 1. The predicted octanol–water partition coefficient (Wildman–Crippen LogP) is 3.41. The van der Waals surface area contributed by atoms with Gasteiger partial charge in [-0.15, -0.1) is 30.0 Å². The van der Waals surface area contributed by atoms with Gasteiger partial charge in [0.25, 0.3) is 0 Å². The summed E-state index contributed by atoms with van der Waals surface area (Å²) in [5.74, 6) is -2.24. The first kappa shape index (κ1) is 30.3. The largest absolute Gasteiger partial charge is 0.465 e. The molecule has 3 saturated heterocycles.